The van der Waals surface area contributed by atoms with Gasteiger partial charge in [0, 0.05) is 23.2 Å². The van der Waals surface area contributed by atoms with E-state index in [0.717, 1.165) is 15.7 Å². The van der Waals surface area contributed by atoms with Crippen LogP contribution < -0.4 is 5.32 Å². The summed E-state index contributed by atoms with van der Waals surface area (Å²) >= 11 is 3.44. The Morgan fingerprint density at radius 1 is 1.41 bits per heavy atom. The number of nitrogens with zero attached hydrogens (tertiary/aromatic N) is 1. The number of benzene rings is 1. The lowest BCUT2D eigenvalue weighted by Gasteiger charge is -2.21. The van der Waals surface area contributed by atoms with Crippen LogP contribution in [0.1, 0.15) is 19.4 Å². The predicted molar refractivity (Wildman–Crippen MR) is 75.3 cm³/mol. The topological polar surface area (TPSA) is 32.3 Å². The van der Waals surface area contributed by atoms with Crippen molar-refractivity contribution in [3.8, 4) is 0 Å². The average molecular weight is 299 g/mol. The number of nitrogens with one attached hydrogen (secondary N) is 1. The number of rotatable bonds is 4. The Balaban J connectivity index is 2.58. The Morgan fingerprint density at radius 3 is 2.59 bits per heavy atom. The third kappa shape index (κ3) is 4.38. The summed E-state index contributed by atoms with van der Waals surface area (Å²) in [5.74, 6) is 0.0950. The standard InChI is InChI=1S/C13H19BrN2O/c1-9(2)16(4)13(17)8-15-12-6-10(3)5-11(14)7-12/h5-7,9,15H,8H2,1-4H3. The van der Waals surface area contributed by atoms with Gasteiger partial charge in [-0.15, -0.1) is 0 Å². The van der Waals surface area contributed by atoms with E-state index in [1.54, 1.807) is 4.90 Å². The highest BCUT2D eigenvalue weighted by Crippen LogP contribution is 2.18. The summed E-state index contributed by atoms with van der Waals surface area (Å²) in [4.78, 5) is 13.5. The molecule has 0 saturated carbocycles. The van der Waals surface area contributed by atoms with Gasteiger partial charge in [0.15, 0.2) is 0 Å². The van der Waals surface area contributed by atoms with Gasteiger partial charge in [-0.05, 0) is 44.5 Å². The molecule has 0 aromatic heterocycles. The minimum atomic E-state index is 0.0950. The Hall–Kier alpha value is -1.03. The van der Waals surface area contributed by atoms with Crippen LogP contribution in [0.5, 0.6) is 0 Å². The first kappa shape index (κ1) is 14.0. The summed E-state index contributed by atoms with van der Waals surface area (Å²) in [5.41, 5.74) is 2.12. The lowest BCUT2D eigenvalue weighted by atomic mass is 10.2. The first-order valence-electron chi connectivity index (χ1n) is 5.67. The minimum Gasteiger partial charge on any atom is -0.376 e. The van der Waals surface area contributed by atoms with Crippen molar-refractivity contribution < 1.29 is 4.79 Å². The van der Waals surface area contributed by atoms with Gasteiger partial charge in [-0.1, -0.05) is 15.9 Å². The lowest BCUT2D eigenvalue weighted by molar-refractivity contribution is -0.129. The van der Waals surface area contributed by atoms with Gasteiger partial charge in [-0.3, -0.25) is 4.79 Å². The highest BCUT2D eigenvalue weighted by Gasteiger charge is 2.11. The molecule has 1 aromatic carbocycles. The van der Waals surface area contributed by atoms with E-state index in [1.165, 1.54) is 0 Å². The molecule has 1 rings (SSSR count). The number of hydrogen-bond acceptors (Lipinski definition) is 2. The number of halogens is 1. The monoisotopic (exact) mass is 298 g/mol. The molecule has 1 amide bonds. The van der Waals surface area contributed by atoms with Gasteiger partial charge in [-0.2, -0.15) is 0 Å². The number of carbonyl (C=O) groups is 1. The summed E-state index contributed by atoms with van der Waals surface area (Å²) in [7, 11) is 1.82. The molecule has 0 atom stereocenters. The van der Waals surface area contributed by atoms with Crippen molar-refractivity contribution in [1.29, 1.82) is 0 Å². The maximum atomic E-state index is 11.8. The van der Waals surface area contributed by atoms with Gasteiger partial charge >= 0.3 is 0 Å². The van der Waals surface area contributed by atoms with Crippen LogP contribution in [-0.4, -0.2) is 30.4 Å². The molecule has 0 spiro atoms. The van der Waals surface area contributed by atoms with E-state index in [2.05, 4.69) is 21.2 Å². The first-order valence-corrected chi connectivity index (χ1v) is 6.46. The van der Waals surface area contributed by atoms with Gasteiger partial charge in [-0.25, -0.2) is 0 Å². The molecular weight excluding hydrogens is 280 g/mol. The predicted octanol–water partition coefficient (Wildman–Crippen LogP) is 3.04. The quantitative estimate of drug-likeness (QED) is 0.927. The van der Waals surface area contributed by atoms with Crippen LogP contribution in [0.25, 0.3) is 0 Å². The molecule has 94 valence electrons. The maximum Gasteiger partial charge on any atom is 0.241 e. The van der Waals surface area contributed by atoms with E-state index in [1.807, 2.05) is 46.0 Å². The largest absolute Gasteiger partial charge is 0.376 e. The summed E-state index contributed by atoms with van der Waals surface area (Å²) in [5, 5.41) is 3.14. The first-order chi connectivity index (χ1) is 7.90. The van der Waals surface area contributed by atoms with Crippen molar-refractivity contribution >= 4 is 27.5 Å². The van der Waals surface area contributed by atoms with Crippen LogP contribution in [0.4, 0.5) is 5.69 Å². The maximum absolute atomic E-state index is 11.8. The Kier molecular flexibility index (Phi) is 5.00. The zero-order chi connectivity index (χ0) is 13.0. The SMILES string of the molecule is Cc1cc(Br)cc(NCC(=O)N(C)C(C)C)c1. The summed E-state index contributed by atoms with van der Waals surface area (Å²) in [6.07, 6.45) is 0. The van der Waals surface area contributed by atoms with E-state index in [4.69, 9.17) is 0 Å². The number of aryl methyl sites for hydroxylation is 1. The molecule has 17 heavy (non-hydrogen) atoms. The van der Waals surface area contributed by atoms with Gasteiger partial charge in [0.1, 0.15) is 0 Å². The molecule has 0 radical (unpaired) electrons. The fraction of sp³-hybridized carbons (Fsp3) is 0.462. The molecule has 0 unspecified atom stereocenters. The number of amides is 1. The van der Waals surface area contributed by atoms with E-state index < -0.39 is 0 Å². The van der Waals surface area contributed by atoms with Crippen LogP contribution >= 0.6 is 15.9 Å². The minimum absolute atomic E-state index is 0.0950. The molecule has 0 bridgehead atoms. The van der Waals surface area contributed by atoms with Gasteiger partial charge < -0.3 is 10.2 Å². The van der Waals surface area contributed by atoms with Crippen LogP contribution in [0.3, 0.4) is 0 Å². The Labute approximate surface area is 111 Å². The molecule has 1 aromatic rings. The highest BCUT2D eigenvalue weighted by molar-refractivity contribution is 9.10. The highest BCUT2D eigenvalue weighted by atomic mass is 79.9. The zero-order valence-electron chi connectivity index (χ0n) is 10.7. The smallest absolute Gasteiger partial charge is 0.241 e. The van der Waals surface area contributed by atoms with E-state index in [9.17, 15) is 4.79 Å². The number of likely N-dealkylation sites (N-methyl/N-ethyl adjacent to an activating group) is 1. The third-order valence-corrected chi connectivity index (χ3v) is 3.11. The Bertz CT molecular complexity index is 384. The normalized spacial score (nSPS) is 10.5. The van der Waals surface area contributed by atoms with Crippen LogP contribution in [0, 0.1) is 6.92 Å². The zero-order valence-corrected chi connectivity index (χ0v) is 12.3. The molecule has 0 aliphatic rings. The van der Waals surface area contributed by atoms with Gasteiger partial charge in [0.2, 0.25) is 5.91 Å². The van der Waals surface area contributed by atoms with Crippen molar-refractivity contribution in [2.75, 3.05) is 18.9 Å². The van der Waals surface area contributed by atoms with Gasteiger partial charge in [0.25, 0.3) is 0 Å². The van der Waals surface area contributed by atoms with Gasteiger partial charge in [0.05, 0.1) is 6.54 Å². The second-order valence-electron chi connectivity index (χ2n) is 4.47. The lowest BCUT2D eigenvalue weighted by Crippen LogP contribution is -2.37. The average Bonchev–Trinajstić information content (AvgIpc) is 2.23. The fourth-order valence-corrected chi connectivity index (χ4v) is 2.04. The molecule has 4 heteroatoms. The van der Waals surface area contributed by atoms with Crippen molar-refractivity contribution in [3.63, 3.8) is 0 Å². The van der Waals surface area contributed by atoms with Crippen molar-refractivity contribution in [2.24, 2.45) is 0 Å². The molecule has 0 heterocycles. The Morgan fingerprint density at radius 2 is 2.06 bits per heavy atom. The summed E-state index contributed by atoms with van der Waals surface area (Å²) in [6, 6.07) is 6.25. The summed E-state index contributed by atoms with van der Waals surface area (Å²) in [6.45, 7) is 6.35. The molecular formula is C13H19BrN2O. The van der Waals surface area contributed by atoms with Crippen molar-refractivity contribution in [2.45, 2.75) is 26.8 Å². The molecule has 0 fully saturated rings. The number of hydrogen-bond donors (Lipinski definition) is 1. The molecule has 3 nitrogen and oxygen atoms in total. The van der Waals surface area contributed by atoms with Crippen LogP contribution in [0.2, 0.25) is 0 Å². The second kappa shape index (κ2) is 6.05. The molecule has 0 saturated heterocycles. The van der Waals surface area contributed by atoms with E-state index in [-0.39, 0.29) is 11.9 Å². The van der Waals surface area contributed by atoms with Crippen molar-refractivity contribution in [1.82, 2.24) is 4.90 Å². The second-order valence-corrected chi connectivity index (χ2v) is 5.38. The third-order valence-electron chi connectivity index (χ3n) is 2.65. The van der Waals surface area contributed by atoms with Crippen LogP contribution in [0.15, 0.2) is 22.7 Å². The summed E-state index contributed by atoms with van der Waals surface area (Å²) < 4.78 is 1.02. The fourth-order valence-electron chi connectivity index (χ4n) is 1.43. The van der Waals surface area contributed by atoms with Crippen molar-refractivity contribution in [3.05, 3.63) is 28.2 Å². The van der Waals surface area contributed by atoms with E-state index >= 15 is 0 Å². The number of carbonyl (C=O) groups excluding carboxylic acids is 1. The van der Waals surface area contributed by atoms with Crippen LogP contribution in [-0.2, 0) is 4.79 Å². The molecule has 0 aliphatic carbocycles. The molecule has 0 aliphatic heterocycles. The number of anilines is 1. The molecule has 1 N–H and O–H groups in total. The van der Waals surface area contributed by atoms with E-state index in [0.29, 0.717) is 6.54 Å².